The fourth-order valence-corrected chi connectivity index (χ4v) is 2.94. The van der Waals surface area contributed by atoms with Crippen LogP contribution in [0.4, 0.5) is 25.2 Å². The summed E-state index contributed by atoms with van der Waals surface area (Å²) in [5, 5.41) is 4.98. The lowest BCUT2D eigenvalue weighted by molar-refractivity contribution is 0.243. The minimum absolute atomic E-state index is 0.200. The zero-order valence-electron chi connectivity index (χ0n) is 15.0. The molecule has 9 heteroatoms. The van der Waals surface area contributed by atoms with Crippen molar-refractivity contribution in [1.29, 1.82) is 0 Å². The van der Waals surface area contributed by atoms with Crippen molar-refractivity contribution in [2.75, 3.05) is 23.3 Å². The molecule has 1 aromatic heterocycles. The number of hydrogen-bond donors (Lipinski definition) is 2. The first kappa shape index (κ1) is 19.3. The molecule has 0 spiro atoms. The second kappa shape index (κ2) is 8.04. The second-order valence-electron chi connectivity index (χ2n) is 6.69. The van der Waals surface area contributed by atoms with Crippen LogP contribution in [-0.4, -0.2) is 29.1 Å². The minimum Gasteiger partial charge on any atom is -0.341 e. The normalized spacial score (nSPS) is 14.7. The monoisotopic (exact) mass is 395 g/mol. The van der Waals surface area contributed by atoms with Gasteiger partial charge in [-0.25, -0.2) is 23.5 Å². The Hall–Kier alpha value is -2.48. The smallest absolute Gasteiger partial charge is 0.319 e. The van der Waals surface area contributed by atoms with Gasteiger partial charge in [0, 0.05) is 18.7 Å². The molecule has 0 bridgehead atoms. The van der Waals surface area contributed by atoms with Gasteiger partial charge in [0.15, 0.2) is 0 Å². The van der Waals surface area contributed by atoms with Crippen LogP contribution in [0.3, 0.4) is 0 Å². The molecule has 1 saturated heterocycles. The van der Waals surface area contributed by atoms with E-state index in [4.69, 9.17) is 11.6 Å². The molecule has 2 aromatic rings. The Labute approximate surface area is 160 Å². The predicted octanol–water partition coefficient (Wildman–Crippen LogP) is 4.14. The highest BCUT2D eigenvalue weighted by atomic mass is 35.5. The summed E-state index contributed by atoms with van der Waals surface area (Å²) in [6.45, 7) is 5.32. The number of carbonyl (C=O) groups is 1. The molecule has 0 unspecified atom stereocenters. The third kappa shape index (κ3) is 4.27. The Morgan fingerprint density at radius 3 is 2.44 bits per heavy atom. The maximum atomic E-state index is 14.3. The molecule has 1 aromatic carbocycles. The summed E-state index contributed by atoms with van der Waals surface area (Å²) < 4.78 is 28.5. The number of carbonyl (C=O) groups excluding carboxylic acids is 1. The van der Waals surface area contributed by atoms with E-state index in [1.807, 2.05) is 4.90 Å². The maximum absolute atomic E-state index is 14.3. The molecule has 1 aliphatic heterocycles. The Balaban J connectivity index is 1.71. The average Bonchev–Trinajstić information content (AvgIpc) is 2.57. The van der Waals surface area contributed by atoms with E-state index in [0.717, 1.165) is 31.6 Å². The lowest BCUT2D eigenvalue weighted by Crippen LogP contribution is -2.38. The van der Waals surface area contributed by atoms with Crippen LogP contribution in [0, 0.1) is 17.6 Å². The molecule has 2 N–H and O–H groups in total. The molecule has 0 saturated carbocycles. The highest BCUT2D eigenvalue weighted by molar-refractivity contribution is 6.30. The number of nitrogens with zero attached hydrogens (tertiary/aromatic N) is 3. The van der Waals surface area contributed by atoms with Crippen LogP contribution < -0.4 is 15.5 Å². The molecule has 0 radical (unpaired) electrons. The number of amides is 2. The molecular weight excluding hydrogens is 376 g/mol. The van der Waals surface area contributed by atoms with Gasteiger partial charge in [0.2, 0.25) is 5.95 Å². The first-order valence-corrected chi connectivity index (χ1v) is 9.02. The third-order valence-corrected chi connectivity index (χ3v) is 4.67. The van der Waals surface area contributed by atoms with E-state index >= 15 is 0 Å². The molecule has 2 heterocycles. The summed E-state index contributed by atoms with van der Waals surface area (Å²) in [6, 6.07) is 0.709. The van der Waals surface area contributed by atoms with Crippen molar-refractivity contribution >= 4 is 29.3 Å². The van der Waals surface area contributed by atoms with Gasteiger partial charge in [-0.1, -0.05) is 25.4 Å². The van der Waals surface area contributed by atoms with E-state index in [2.05, 4.69) is 20.6 Å². The van der Waals surface area contributed by atoms with E-state index in [-0.39, 0.29) is 16.5 Å². The van der Waals surface area contributed by atoms with E-state index in [1.165, 1.54) is 12.4 Å². The van der Waals surface area contributed by atoms with Crippen molar-refractivity contribution in [1.82, 2.24) is 15.3 Å². The van der Waals surface area contributed by atoms with Gasteiger partial charge in [-0.15, -0.1) is 0 Å². The van der Waals surface area contributed by atoms with E-state index < -0.39 is 23.7 Å². The number of nitrogens with one attached hydrogen (secondary N) is 2. The molecule has 27 heavy (non-hydrogen) atoms. The summed E-state index contributed by atoms with van der Waals surface area (Å²) in [4.78, 5) is 22.7. The Morgan fingerprint density at radius 1 is 1.22 bits per heavy atom. The van der Waals surface area contributed by atoms with Crippen LogP contribution in [0.25, 0.3) is 0 Å². The number of rotatable bonds is 5. The van der Waals surface area contributed by atoms with Crippen molar-refractivity contribution in [2.24, 2.45) is 5.92 Å². The molecule has 1 fully saturated rings. The molecule has 0 aliphatic carbocycles. The standard InChI is InChI=1S/C18H20ClF2N5O/c1-10(2)16(14-13(20)5-4-12(19)15(14)21)25-18(27)24-11-8-22-17(23-9-11)26-6-3-7-26/h4-5,8-10,16H,3,6-7H2,1-2H3,(H2,24,25,27)/t16-/m0/s1. The van der Waals surface area contributed by atoms with Gasteiger partial charge in [0.25, 0.3) is 0 Å². The Morgan fingerprint density at radius 2 is 1.89 bits per heavy atom. The molecule has 3 rings (SSSR count). The number of benzene rings is 1. The second-order valence-corrected chi connectivity index (χ2v) is 7.10. The average molecular weight is 396 g/mol. The molecule has 6 nitrogen and oxygen atoms in total. The number of anilines is 2. The van der Waals surface area contributed by atoms with Crippen LogP contribution in [0.5, 0.6) is 0 Å². The van der Waals surface area contributed by atoms with Crippen molar-refractivity contribution in [3.63, 3.8) is 0 Å². The topological polar surface area (TPSA) is 70.2 Å². The van der Waals surface area contributed by atoms with E-state index in [9.17, 15) is 13.6 Å². The van der Waals surface area contributed by atoms with Crippen LogP contribution >= 0.6 is 11.6 Å². The third-order valence-electron chi connectivity index (χ3n) is 4.38. The van der Waals surface area contributed by atoms with Gasteiger partial charge < -0.3 is 15.5 Å². The zero-order chi connectivity index (χ0) is 19.6. The number of halogens is 3. The highest BCUT2D eigenvalue weighted by Gasteiger charge is 2.26. The van der Waals surface area contributed by atoms with Crippen molar-refractivity contribution in [3.05, 3.63) is 46.7 Å². The lowest BCUT2D eigenvalue weighted by Gasteiger charge is -2.30. The van der Waals surface area contributed by atoms with Crippen molar-refractivity contribution in [3.8, 4) is 0 Å². The summed E-state index contributed by atoms with van der Waals surface area (Å²) in [6.07, 6.45) is 4.09. The summed E-state index contributed by atoms with van der Waals surface area (Å²) >= 11 is 5.77. The van der Waals surface area contributed by atoms with E-state index in [1.54, 1.807) is 13.8 Å². The summed E-state index contributed by atoms with van der Waals surface area (Å²) in [5.74, 6) is -1.31. The van der Waals surface area contributed by atoms with Gasteiger partial charge in [0.1, 0.15) is 11.6 Å². The quantitative estimate of drug-likeness (QED) is 0.746. The fourth-order valence-electron chi connectivity index (χ4n) is 2.77. The minimum atomic E-state index is -0.898. The summed E-state index contributed by atoms with van der Waals surface area (Å²) in [5.41, 5.74) is 0.114. The van der Waals surface area contributed by atoms with Crippen LogP contribution in [0.1, 0.15) is 31.9 Å². The van der Waals surface area contributed by atoms with Crippen molar-refractivity contribution < 1.29 is 13.6 Å². The van der Waals surface area contributed by atoms with Gasteiger partial charge >= 0.3 is 6.03 Å². The largest absolute Gasteiger partial charge is 0.341 e. The van der Waals surface area contributed by atoms with Gasteiger partial charge in [-0.3, -0.25) is 0 Å². The first-order chi connectivity index (χ1) is 12.9. The van der Waals surface area contributed by atoms with Crippen LogP contribution in [0.2, 0.25) is 5.02 Å². The molecule has 1 atom stereocenters. The molecule has 1 aliphatic rings. The lowest BCUT2D eigenvalue weighted by atomic mass is 9.95. The fraction of sp³-hybridized carbons (Fsp3) is 0.389. The molecular formula is C18H20ClF2N5O. The van der Waals surface area contributed by atoms with Gasteiger partial charge in [-0.2, -0.15) is 0 Å². The van der Waals surface area contributed by atoms with E-state index in [0.29, 0.717) is 11.6 Å². The summed E-state index contributed by atoms with van der Waals surface area (Å²) in [7, 11) is 0. The molecule has 144 valence electrons. The number of aromatic nitrogens is 2. The van der Waals surface area contributed by atoms with Crippen LogP contribution in [0.15, 0.2) is 24.5 Å². The van der Waals surface area contributed by atoms with Gasteiger partial charge in [-0.05, 0) is 24.5 Å². The van der Waals surface area contributed by atoms with Gasteiger partial charge in [0.05, 0.1) is 29.1 Å². The maximum Gasteiger partial charge on any atom is 0.319 e. The predicted molar refractivity (Wildman–Crippen MR) is 100.0 cm³/mol. The first-order valence-electron chi connectivity index (χ1n) is 8.64. The van der Waals surface area contributed by atoms with Crippen LogP contribution in [-0.2, 0) is 0 Å². The van der Waals surface area contributed by atoms with Crippen molar-refractivity contribution in [2.45, 2.75) is 26.3 Å². The Bertz CT molecular complexity index is 827. The Kier molecular flexibility index (Phi) is 5.74. The number of urea groups is 1. The highest BCUT2D eigenvalue weighted by Crippen LogP contribution is 2.30. The zero-order valence-corrected chi connectivity index (χ0v) is 15.7. The number of hydrogen-bond acceptors (Lipinski definition) is 4. The molecule has 2 amide bonds. The SMILES string of the molecule is CC(C)[C@H](NC(=O)Nc1cnc(N2CCC2)nc1)c1c(F)ccc(Cl)c1F.